The molecule has 1 N–H and O–H groups in total. The Labute approximate surface area is 166 Å². The molecule has 2 aliphatic rings. The van der Waals surface area contributed by atoms with Crippen LogP contribution in [0.5, 0.6) is 5.75 Å². The predicted octanol–water partition coefficient (Wildman–Crippen LogP) is 2.00. The maximum atomic E-state index is 12.4. The number of nitrogens with one attached hydrogen (secondary N) is 1. The number of piperidine rings is 1. The summed E-state index contributed by atoms with van der Waals surface area (Å²) in [7, 11) is 0. The van der Waals surface area contributed by atoms with Crippen LogP contribution in [0.15, 0.2) is 18.2 Å². The van der Waals surface area contributed by atoms with Gasteiger partial charge in [-0.3, -0.25) is 19.3 Å². The summed E-state index contributed by atoms with van der Waals surface area (Å²) < 4.78 is 5.42. The van der Waals surface area contributed by atoms with E-state index in [4.69, 9.17) is 4.74 Å². The third kappa shape index (κ3) is 4.90. The highest BCUT2D eigenvalue weighted by molar-refractivity contribution is 6.04. The van der Waals surface area contributed by atoms with Gasteiger partial charge in [-0.1, -0.05) is 6.42 Å². The molecule has 2 aliphatic heterocycles. The molecule has 2 amide bonds. The van der Waals surface area contributed by atoms with Crippen molar-refractivity contribution < 1.29 is 19.1 Å². The number of fused-ring (bicyclic) bond motifs is 1. The van der Waals surface area contributed by atoms with Gasteiger partial charge in [0.15, 0.2) is 12.4 Å². The largest absolute Gasteiger partial charge is 0.482 e. The number of amides is 2. The summed E-state index contributed by atoms with van der Waals surface area (Å²) in [5, 5.41) is 2.91. The van der Waals surface area contributed by atoms with Crippen LogP contribution in [0.1, 0.15) is 49.9 Å². The summed E-state index contributed by atoms with van der Waals surface area (Å²) in [5.74, 6) is -0.0831. The molecule has 28 heavy (non-hydrogen) atoms. The highest BCUT2D eigenvalue weighted by atomic mass is 16.5. The number of likely N-dealkylation sites (tertiary alicyclic amines) is 1. The lowest BCUT2D eigenvalue weighted by atomic mass is 10.0. The minimum Gasteiger partial charge on any atom is -0.482 e. The molecule has 0 aromatic heterocycles. The number of carbonyl (C=O) groups is 3. The number of carbonyl (C=O) groups excluding carboxylic acids is 3. The third-order valence-electron chi connectivity index (χ3n) is 5.50. The zero-order valence-electron chi connectivity index (χ0n) is 16.7. The highest BCUT2D eigenvalue weighted by Gasteiger charge is 2.28. The Bertz CT molecular complexity index is 749. The molecule has 1 aromatic rings. The first kappa shape index (κ1) is 20.3. The van der Waals surface area contributed by atoms with Crippen molar-refractivity contribution in [3.8, 4) is 5.75 Å². The Balaban J connectivity index is 1.53. The molecule has 0 saturated carbocycles. The summed E-state index contributed by atoms with van der Waals surface area (Å²) in [5.41, 5.74) is 0.958. The van der Waals surface area contributed by atoms with Crippen LogP contribution in [-0.2, 0) is 9.59 Å². The maximum Gasteiger partial charge on any atom is 0.265 e. The normalized spacial score (nSPS) is 19.7. The van der Waals surface area contributed by atoms with Gasteiger partial charge in [0.05, 0.1) is 5.69 Å². The minimum absolute atomic E-state index is 0.0727. The fourth-order valence-corrected chi connectivity index (χ4v) is 3.79. The Morgan fingerprint density at radius 3 is 2.86 bits per heavy atom. The lowest BCUT2D eigenvalue weighted by Gasteiger charge is -2.33. The first-order valence-corrected chi connectivity index (χ1v) is 10.0. The monoisotopic (exact) mass is 387 g/mol. The second kappa shape index (κ2) is 9.19. The number of ketones is 1. The topological polar surface area (TPSA) is 79.0 Å². The van der Waals surface area contributed by atoms with Gasteiger partial charge in [-0.25, -0.2) is 0 Å². The van der Waals surface area contributed by atoms with Crippen LogP contribution in [0.2, 0.25) is 0 Å². The number of benzene rings is 1. The van der Waals surface area contributed by atoms with E-state index in [1.807, 2.05) is 0 Å². The lowest BCUT2D eigenvalue weighted by molar-refractivity contribution is -0.125. The Hall–Kier alpha value is -2.41. The average molecular weight is 387 g/mol. The van der Waals surface area contributed by atoms with Gasteiger partial charge in [-0.15, -0.1) is 0 Å². The molecule has 0 unspecified atom stereocenters. The van der Waals surface area contributed by atoms with E-state index in [9.17, 15) is 14.4 Å². The third-order valence-corrected chi connectivity index (χ3v) is 5.50. The van der Waals surface area contributed by atoms with Crippen molar-refractivity contribution in [2.45, 2.75) is 45.6 Å². The van der Waals surface area contributed by atoms with Crippen molar-refractivity contribution in [2.24, 2.45) is 0 Å². The van der Waals surface area contributed by atoms with E-state index in [2.05, 4.69) is 17.1 Å². The molecule has 1 saturated heterocycles. The number of Topliss-reactive ketones (excluding diaryl/α,β-unsaturated/α-hetero) is 1. The molecule has 2 heterocycles. The van der Waals surface area contributed by atoms with E-state index in [1.165, 1.54) is 31.1 Å². The van der Waals surface area contributed by atoms with Crippen LogP contribution >= 0.6 is 0 Å². The molecule has 7 heteroatoms. The van der Waals surface area contributed by atoms with E-state index >= 15 is 0 Å². The van der Waals surface area contributed by atoms with Crippen molar-refractivity contribution >= 4 is 23.3 Å². The van der Waals surface area contributed by atoms with Crippen LogP contribution < -0.4 is 15.0 Å². The second-order valence-corrected chi connectivity index (χ2v) is 7.59. The first-order valence-electron chi connectivity index (χ1n) is 10.0. The molecule has 1 aromatic carbocycles. The van der Waals surface area contributed by atoms with Crippen molar-refractivity contribution in [3.05, 3.63) is 23.8 Å². The van der Waals surface area contributed by atoms with Crippen molar-refractivity contribution in [1.82, 2.24) is 10.2 Å². The van der Waals surface area contributed by atoms with Crippen LogP contribution in [-0.4, -0.2) is 61.3 Å². The van der Waals surface area contributed by atoms with Gasteiger partial charge in [0, 0.05) is 24.7 Å². The Morgan fingerprint density at radius 1 is 1.29 bits per heavy atom. The molecule has 1 fully saturated rings. The average Bonchev–Trinajstić information content (AvgIpc) is 2.68. The summed E-state index contributed by atoms with van der Waals surface area (Å²) in [6, 6.07) is 5.56. The summed E-state index contributed by atoms with van der Waals surface area (Å²) in [4.78, 5) is 40.2. The zero-order valence-corrected chi connectivity index (χ0v) is 16.7. The number of ether oxygens (including phenoxy) is 1. The molecular formula is C21H29N3O4. The van der Waals surface area contributed by atoms with Gasteiger partial charge in [-0.2, -0.15) is 0 Å². The van der Waals surface area contributed by atoms with Crippen LogP contribution in [0.4, 0.5) is 5.69 Å². The molecule has 0 radical (unpaired) electrons. The lowest BCUT2D eigenvalue weighted by Crippen LogP contribution is -2.45. The number of hydrogen-bond donors (Lipinski definition) is 1. The number of nitrogens with zero attached hydrogens (tertiary/aromatic N) is 2. The van der Waals surface area contributed by atoms with Gasteiger partial charge < -0.3 is 15.0 Å². The van der Waals surface area contributed by atoms with Gasteiger partial charge in [0.1, 0.15) is 12.3 Å². The van der Waals surface area contributed by atoms with Crippen LogP contribution in [0.25, 0.3) is 0 Å². The van der Waals surface area contributed by atoms with E-state index in [-0.39, 0.29) is 30.7 Å². The fourth-order valence-electron chi connectivity index (χ4n) is 3.79. The Morgan fingerprint density at radius 2 is 2.11 bits per heavy atom. The quantitative estimate of drug-likeness (QED) is 0.572. The molecular weight excluding hydrogens is 358 g/mol. The van der Waals surface area contributed by atoms with Gasteiger partial charge in [0.25, 0.3) is 5.91 Å². The molecule has 7 nitrogen and oxygen atoms in total. The predicted molar refractivity (Wildman–Crippen MR) is 107 cm³/mol. The summed E-state index contributed by atoms with van der Waals surface area (Å²) >= 11 is 0. The van der Waals surface area contributed by atoms with Crippen LogP contribution in [0.3, 0.4) is 0 Å². The van der Waals surface area contributed by atoms with E-state index in [1.54, 1.807) is 18.2 Å². The zero-order chi connectivity index (χ0) is 20.1. The van der Waals surface area contributed by atoms with Gasteiger partial charge in [-0.05, 0) is 57.9 Å². The Kier molecular flexibility index (Phi) is 6.67. The number of anilines is 1. The van der Waals surface area contributed by atoms with Crippen molar-refractivity contribution in [2.75, 3.05) is 37.7 Å². The molecule has 1 atom stereocenters. The number of rotatable bonds is 7. The molecule has 0 aliphatic carbocycles. The molecule has 0 spiro atoms. The van der Waals surface area contributed by atoms with Crippen LogP contribution in [0, 0.1) is 0 Å². The summed E-state index contributed by atoms with van der Waals surface area (Å²) in [6.07, 6.45) is 4.68. The first-order chi connectivity index (χ1) is 13.5. The molecule has 152 valence electrons. The fraction of sp³-hybridized carbons (Fsp3) is 0.571. The maximum absolute atomic E-state index is 12.4. The van der Waals surface area contributed by atoms with Gasteiger partial charge >= 0.3 is 0 Å². The van der Waals surface area contributed by atoms with Crippen molar-refractivity contribution in [3.63, 3.8) is 0 Å². The second-order valence-electron chi connectivity index (χ2n) is 7.59. The van der Waals surface area contributed by atoms with E-state index < -0.39 is 0 Å². The SMILES string of the molecule is CC(=O)c1ccc2c(c1)N(CC(=O)NCCCN1CCCC[C@H]1C)C(=O)CO2. The van der Waals surface area contributed by atoms with E-state index in [0.29, 0.717) is 29.6 Å². The summed E-state index contributed by atoms with van der Waals surface area (Å²) in [6.45, 7) is 6.24. The smallest absolute Gasteiger partial charge is 0.265 e. The molecule has 0 bridgehead atoms. The molecule has 3 rings (SSSR count). The standard InChI is InChI=1S/C21H29N3O4/c1-15-6-3-4-10-23(15)11-5-9-22-20(26)13-24-18-12-17(16(2)25)7-8-19(18)28-14-21(24)27/h7-8,12,15H,3-6,9-11,13-14H2,1-2H3,(H,22,26)/t15-/m1/s1. The van der Waals surface area contributed by atoms with E-state index in [0.717, 1.165) is 19.5 Å². The number of hydrogen-bond acceptors (Lipinski definition) is 5. The highest BCUT2D eigenvalue weighted by Crippen LogP contribution is 2.33. The minimum atomic E-state index is -0.287. The van der Waals surface area contributed by atoms with Crippen molar-refractivity contribution in [1.29, 1.82) is 0 Å². The van der Waals surface area contributed by atoms with Gasteiger partial charge in [0.2, 0.25) is 5.91 Å².